The van der Waals surface area contributed by atoms with E-state index in [1.807, 2.05) is 6.07 Å². The van der Waals surface area contributed by atoms with Crippen LogP contribution in [-0.2, 0) is 10.2 Å². The summed E-state index contributed by atoms with van der Waals surface area (Å²) in [6.45, 7) is 1.02. The summed E-state index contributed by atoms with van der Waals surface area (Å²) in [4.78, 5) is 25.7. The van der Waals surface area contributed by atoms with Crippen LogP contribution in [0, 0.1) is 5.82 Å². The summed E-state index contributed by atoms with van der Waals surface area (Å²) < 4.78 is 55.9. The summed E-state index contributed by atoms with van der Waals surface area (Å²) in [6, 6.07) is 12.5. The molecule has 1 aliphatic carbocycles. The maximum atomic E-state index is 13.2. The van der Waals surface area contributed by atoms with Crippen LogP contribution >= 0.6 is 0 Å². The molecule has 39 heavy (non-hydrogen) atoms. The molecule has 0 aromatic heterocycles. The quantitative estimate of drug-likeness (QED) is 0.515. The van der Waals surface area contributed by atoms with Crippen molar-refractivity contribution in [1.82, 2.24) is 10.2 Å². The van der Waals surface area contributed by atoms with Gasteiger partial charge in [-0.2, -0.15) is 13.2 Å². The standard InChI is InChI=1S/C25H32FN3O3.C2HF3O2/c1-28-14-13-25(17-5-10-21(31-3)22(15-17)32-4)12-11-19(16-23(25)28)27-24(30)29(2)20-8-6-18(26)7-9-20;3-2(4,5)1(6)7/h5-10,15,19,23H,11-14,16H2,1-4H3,(H,27,30);(H,6,7)/t19-,23+,25+;/m1./s1. The van der Waals surface area contributed by atoms with E-state index in [0.29, 0.717) is 11.7 Å². The smallest absolute Gasteiger partial charge is 0.490 e. The number of aliphatic carboxylic acids is 1. The lowest BCUT2D eigenvalue weighted by Gasteiger charge is -2.45. The van der Waals surface area contributed by atoms with Crippen LogP contribution in [0.25, 0.3) is 0 Å². The number of benzene rings is 2. The third kappa shape index (κ3) is 6.73. The topological polar surface area (TPSA) is 91.3 Å². The van der Waals surface area contributed by atoms with Gasteiger partial charge in [0.2, 0.25) is 0 Å². The van der Waals surface area contributed by atoms with Crippen LogP contribution in [-0.4, -0.2) is 75.1 Å². The zero-order chi connectivity index (χ0) is 29.0. The van der Waals surface area contributed by atoms with Crippen molar-refractivity contribution in [2.24, 2.45) is 0 Å². The second-order valence-electron chi connectivity index (χ2n) is 9.73. The van der Waals surface area contributed by atoms with E-state index in [1.54, 1.807) is 33.4 Å². The molecule has 12 heteroatoms. The Morgan fingerprint density at radius 1 is 1.08 bits per heavy atom. The van der Waals surface area contributed by atoms with Gasteiger partial charge in [0, 0.05) is 30.2 Å². The Kier molecular flexibility index (Phi) is 9.31. The van der Waals surface area contributed by atoms with Gasteiger partial charge in [0.25, 0.3) is 0 Å². The molecule has 8 nitrogen and oxygen atoms in total. The third-order valence-corrected chi connectivity index (χ3v) is 7.57. The molecule has 2 aromatic rings. The Morgan fingerprint density at radius 3 is 2.26 bits per heavy atom. The van der Waals surface area contributed by atoms with Crippen molar-refractivity contribution in [3.05, 3.63) is 53.8 Å². The van der Waals surface area contributed by atoms with Crippen LogP contribution in [0.3, 0.4) is 0 Å². The predicted octanol–water partition coefficient (Wildman–Crippen LogP) is 4.82. The van der Waals surface area contributed by atoms with Crippen molar-refractivity contribution >= 4 is 17.7 Å². The Bertz CT molecular complexity index is 1160. The molecule has 1 saturated carbocycles. The van der Waals surface area contributed by atoms with Gasteiger partial charge in [0.05, 0.1) is 14.2 Å². The average molecular weight is 556 g/mol. The van der Waals surface area contributed by atoms with Gasteiger partial charge in [0.15, 0.2) is 11.5 Å². The first-order chi connectivity index (χ1) is 18.3. The van der Waals surface area contributed by atoms with Gasteiger partial charge in [0.1, 0.15) is 5.82 Å². The Hall–Kier alpha value is -3.54. The fourth-order valence-corrected chi connectivity index (χ4v) is 5.45. The Labute approximate surface area is 224 Å². The lowest BCUT2D eigenvalue weighted by molar-refractivity contribution is -0.192. The Balaban J connectivity index is 0.000000532. The van der Waals surface area contributed by atoms with Crippen LogP contribution < -0.4 is 19.7 Å². The molecule has 2 aliphatic rings. The molecular formula is C27H33F4N3O5. The number of likely N-dealkylation sites (N-methyl/N-ethyl adjacent to an activating group) is 1. The molecule has 4 rings (SSSR count). The van der Waals surface area contributed by atoms with Gasteiger partial charge in [-0.25, -0.2) is 14.0 Å². The number of carbonyl (C=O) groups is 2. The van der Waals surface area contributed by atoms with Gasteiger partial charge in [-0.3, -0.25) is 4.90 Å². The minimum atomic E-state index is -5.08. The van der Waals surface area contributed by atoms with Gasteiger partial charge < -0.3 is 24.8 Å². The molecule has 1 saturated heterocycles. The predicted molar refractivity (Wildman–Crippen MR) is 137 cm³/mol. The summed E-state index contributed by atoms with van der Waals surface area (Å²) in [7, 11) is 7.20. The number of methoxy groups -OCH3 is 2. The number of rotatable bonds is 5. The Morgan fingerprint density at radius 2 is 1.69 bits per heavy atom. The molecule has 0 spiro atoms. The van der Waals surface area contributed by atoms with Crippen LogP contribution in [0.2, 0.25) is 0 Å². The van der Waals surface area contributed by atoms with Gasteiger partial charge >= 0.3 is 18.2 Å². The number of fused-ring (bicyclic) bond motifs is 1. The number of hydrogen-bond acceptors (Lipinski definition) is 5. The highest BCUT2D eigenvalue weighted by Gasteiger charge is 2.50. The number of likely N-dealkylation sites (tertiary alicyclic amines) is 1. The first-order valence-electron chi connectivity index (χ1n) is 12.3. The number of nitrogens with zero attached hydrogens (tertiary/aromatic N) is 2. The van der Waals surface area contributed by atoms with Crippen LogP contribution in [0.1, 0.15) is 31.2 Å². The van der Waals surface area contributed by atoms with Crippen LogP contribution in [0.4, 0.5) is 28.0 Å². The number of halogens is 4. The minimum absolute atomic E-state index is 0.0401. The fraction of sp³-hybridized carbons (Fsp3) is 0.481. The first-order valence-corrected chi connectivity index (χ1v) is 12.3. The summed E-state index contributed by atoms with van der Waals surface area (Å²) in [5, 5.41) is 10.3. The molecule has 2 fully saturated rings. The van der Waals surface area contributed by atoms with Crippen molar-refractivity contribution in [1.29, 1.82) is 0 Å². The number of urea groups is 1. The monoisotopic (exact) mass is 555 g/mol. The number of ether oxygens (including phenoxy) is 2. The lowest BCUT2D eigenvalue weighted by Crippen LogP contribution is -2.53. The van der Waals surface area contributed by atoms with E-state index in [9.17, 15) is 22.4 Å². The highest BCUT2D eigenvalue weighted by molar-refractivity contribution is 5.91. The number of hydrogen-bond donors (Lipinski definition) is 2. The number of alkyl halides is 3. The molecule has 1 aliphatic heterocycles. The first kappa shape index (κ1) is 30.0. The van der Waals surface area contributed by atoms with Crippen LogP contribution in [0.5, 0.6) is 11.5 Å². The van der Waals surface area contributed by atoms with E-state index in [1.165, 1.54) is 22.6 Å². The number of carboxylic acids is 1. The molecule has 0 bridgehead atoms. The van der Waals surface area contributed by atoms with E-state index < -0.39 is 12.1 Å². The van der Waals surface area contributed by atoms with E-state index in [0.717, 1.165) is 43.7 Å². The highest BCUT2D eigenvalue weighted by atomic mass is 19.4. The number of carbonyl (C=O) groups excluding carboxylic acids is 1. The second-order valence-corrected chi connectivity index (χ2v) is 9.73. The maximum Gasteiger partial charge on any atom is 0.490 e. The van der Waals surface area contributed by atoms with Crippen molar-refractivity contribution in [3.63, 3.8) is 0 Å². The summed E-state index contributed by atoms with van der Waals surface area (Å²) >= 11 is 0. The summed E-state index contributed by atoms with van der Waals surface area (Å²) in [5.74, 6) is -1.58. The van der Waals surface area contributed by atoms with E-state index >= 15 is 0 Å². The number of carboxylic acid groups (broad SMARTS) is 1. The molecular weight excluding hydrogens is 522 g/mol. The third-order valence-electron chi connectivity index (χ3n) is 7.57. The number of nitrogens with one attached hydrogen (secondary N) is 1. The summed E-state index contributed by atoms with van der Waals surface area (Å²) in [6.07, 6.45) is -1.22. The van der Waals surface area contributed by atoms with Crippen molar-refractivity contribution in [3.8, 4) is 11.5 Å². The second kappa shape index (κ2) is 12.1. The van der Waals surface area contributed by atoms with Crippen molar-refractivity contribution in [2.45, 2.75) is 49.4 Å². The molecule has 0 unspecified atom stereocenters. The molecule has 0 radical (unpaired) electrons. The lowest BCUT2D eigenvalue weighted by atomic mass is 9.65. The zero-order valence-corrected chi connectivity index (χ0v) is 22.2. The van der Waals surface area contributed by atoms with E-state index in [4.69, 9.17) is 19.4 Å². The number of anilines is 1. The minimum Gasteiger partial charge on any atom is -0.493 e. The molecule has 2 N–H and O–H groups in total. The van der Waals surface area contributed by atoms with E-state index in [-0.39, 0.29) is 23.3 Å². The molecule has 3 atom stereocenters. The number of amides is 2. The highest BCUT2D eigenvalue weighted by Crippen LogP contribution is 2.49. The van der Waals surface area contributed by atoms with Gasteiger partial charge in [-0.05, 0) is 81.2 Å². The maximum absolute atomic E-state index is 13.2. The molecule has 2 amide bonds. The fourth-order valence-electron chi connectivity index (χ4n) is 5.45. The van der Waals surface area contributed by atoms with Crippen molar-refractivity contribution in [2.75, 3.05) is 39.8 Å². The van der Waals surface area contributed by atoms with Gasteiger partial charge in [-0.15, -0.1) is 0 Å². The normalized spacial score (nSPS) is 22.7. The average Bonchev–Trinajstić information content (AvgIpc) is 3.24. The van der Waals surface area contributed by atoms with E-state index in [2.05, 4.69) is 29.4 Å². The van der Waals surface area contributed by atoms with Crippen molar-refractivity contribution < 1.29 is 41.7 Å². The molecule has 2 aromatic carbocycles. The SMILES string of the molecule is COc1ccc([C@@]23CC[C@@H](NC(=O)N(C)c4ccc(F)cc4)C[C@@H]2N(C)CC3)cc1OC.O=C(O)C(F)(F)F. The summed E-state index contributed by atoms with van der Waals surface area (Å²) in [5.41, 5.74) is 1.98. The molecule has 1 heterocycles. The van der Waals surface area contributed by atoms with Crippen LogP contribution in [0.15, 0.2) is 42.5 Å². The zero-order valence-electron chi connectivity index (χ0n) is 22.2. The molecule has 214 valence electrons. The largest absolute Gasteiger partial charge is 0.493 e. The van der Waals surface area contributed by atoms with Gasteiger partial charge in [-0.1, -0.05) is 6.07 Å².